The van der Waals surface area contributed by atoms with E-state index in [-0.39, 0.29) is 10.8 Å². The molecule has 0 N–H and O–H groups in total. The average molecular weight is 239 g/mol. The first-order valence-electron chi connectivity index (χ1n) is 6.00. The van der Waals surface area contributed by atoms with Gasteiger partial charge in [-0.3, -0.25) is 0 Å². The molecule has 0 amide bonds. The van der Waals surface area contributed by atoms with Crippen LogP contribution in [0.2, 0.25) is 0 Å². The van der Waals surface area contributed by atoms with Gasteiger partial charge in [0, 0.05) is 5.38 Å². The van der Waals surface area contributed by atoms with Crippen molar-refractivity contribution in [3.8, 4) is 0 Å². The summed E-state index contributed by atoms with van der Waals surface area (Å²) in [4.78, 5) is 0. The second kappa shape index (κ2) is 5.23. The van der Waals surface area contributed by atoms with E-state index in [2.05, 4.69) is 52.8 Å². The number of benzene rings is 1. The zero-order valence-electron chi connectivity index (χ0n) is 11.1. The number of alkyl halides is 1. The van der Waals surface area contributed by atoms with Gasteiger partial charge >= 0.3 is 0 Å². The van der Waals surface area contributed by atoms with Gasteiger partial charge < -0.3 is 0 Å². The predicted molar refractivity (Wildman–Crippen MR) is 73.3 cm³/mol. The Labute approximate surface area is 105 Å². The molecule has 0 saturated heterocycles. The van der Waals surface area contributed by atoms with Crippen LogP contribution in [-0.2, 0) is 6.42 Å². The number of halogens is 1. The Morgan fingerprint density at radius 2 is 1.81 bits per heavy atom. The Hall–Kier alpha value is -0.490. The summed E-state index contributed by atoms with van der Waals surface area (Å²) in [6, 6.07) is 6.75. The van der Waals surface area contributed by atoms with Crippen LogP contribution in [0.15, 0.2) is 18.2 Å². The number of hydrogen-bond donors (Lipinski definition) is 0. The molecule has 0 saturated carbocycles. The van der Waals surface area contributed by atoms with Crippen molar-refractivity contribution in [2.75, 3.05) is 0 Å². The number of rotatable bonds is 4. The molecule has 0 aliphatic rings. The third kappa shape index (κ3) is 4.17. The van der Waals surface area contributed by atoms with Gasteiger partial charge in [0.15, 0.2) is 0 Å². The molecular formula is C15H23Cl. The molecule has 1 unspecified atom stereocenters. The van der Waals surface area contributed by atoms with Gasteiger partial charge in [-0.15, -0.1) is 11.6 Å². The van der Waals surface area contributed by atoms with Crippen LogP contribution in [-0.4, -0.2) is 5.38 Å². The van der Waals surface area contributed by atoms with Crippen LogP contribution in [0.3, 0.4) is 0 Å². The Balaban J connectivity index is 2.76. The predicted octanol–water partition coefficient (Wildman–Crippen LogP) is 4.89. The molecule has 1 heteroatoms. The summed E-state index contributed by atoms with van der Waals surface area (Å²) < 4.78 is 0. The summed E-state index contributed by atoms with van der Waals surface area (Å²) in [7, 11) is 0. The summed E-state index contributed by atoms with van der Waals surface area (Å²) in [5.41, 5.74) is 4.45. The van der Waals surface area contributed by atoms with Crippen molar-refractivity contribution in [2.24, 2.45) is 5.41 Å². The highest BCUT2D eigenvalue weighted by Crippen LogP contribution is 2.29. The van der Waals surface area contributed by atoms with Crippen molar-refractivity contribution in [3.05, 3.63) is 34.9 Å². The summed E-state index contributed by atoms with van der Waals surface area (Å²) in [5.74, 6) is 0. The normalized spacial score (nSPS) is 13.9. The highest BCUT2D eigenvalue weighted by Gasteiger charge is 2.20. The first-order valence-corrected chi connectivity index (χ1v) is 6.44. The second-order valence-electron chi connectivity index (χ2n) is 5.74. The van der Waals surface area contributed by atoms with Gasteiger partial charge in [-0.25, -0.2) is 0 Å². The van der Waals surface area contributed by atoms with Crippen molar-refractivity contribution in [1.82, 2.24) is 0 Å². The Morgan fingerprint density at radius 1 is 1.19 bits per heavy atom. The lowest BCUT2D eigenvalue weighted by Crippen LogP contribution is -2.18. The minimum absolute atomic E-state index is 0.251. The molecule has 0 nitrogen and oxygen atoms in total. The van der Waals surface area contributed by atoms with Crippen LogP contribution in [0, 0.1) is 19.3 Å². The van der Waals surface area contributed by atoms with E-state index in [1.165, 1.54) is 16.7 Å². The SMILES string of the molecule is Cc1ccc(CC(C)(C)CC(C)Cl)cc1C. The van der Waals surface area contributed by atoms with E-state index in [1.807, 2.05) is 0 Å². The minimum atomic E-state index is 0.251. The molecule has 0 fully saturated rings. The summed E-state index contributed by atoms with van der Waals surface area (Å²) >= 11 is 6.09. The molecule has 1 atom stereocenters. The fourth-order valence-electron chi connectivity index (χ4n) is 2.30. The number of aryl methyl sites for hydroxylation is 2. The van der Waals surface area contributed by atoms with Gasteiger partial charge in [-0.1, -0.05) is 32.0 Å². The number of hydrogen-bond acceptors (Lipinski definition) is 0. The van der Waals surface area contributed by atoms with Crippen molar-refractivity contribution >= 4 is 11.6 Å². The van der Waals surface area contributed by atoms with Gasteiger partial charge in [-0.05, 0) is 55.7 Å². The van der Waals surface area contributed by atoms with E-state index >= 15 is 0 Å². The second-order valence-corrected chi connectivity index (χ2v) is 6.49. The van der Waals surface area contributed by atoms with Gasteiger partial charge in [0.1, 0.15) is 0 Å². The molecule has 1 aromatic rings. The standard InChI is InChI=1S/C15H23Cl/c1-11-6-7-14(8-12(11)2)10-15(4,5)9-13(3)16/h6-8,13H,9-10H2,1-5H3. The quantitative estimate of drug-likeness (QED) is 0.656. The molecule has 0 aromatic heterocycles. The smallest absolute Gasteiger partial charge is 0.0313 e. The van der Waals surface area contributed by atoms with E-state index < -0.39 is 0 Å². The van der Waals surface area contributed by atoms with E-state index in [0.29, 0.717) is 0 Å². The highest BCUT2D eigenvalue weighted by atomic mass is 35.5. The first kappa shape index (κ1) is 13.6. The van der Waals surface area contributed by atoms with Crippen molar-refractivity contribution in [2.45, 2.75) is 52.8 Å². The topological polar surface area (TPSA) is 0 Å². The molecule has 0 aliphatic heterocycles. The zero-order valence-corrected chi connectivity index (χ0v) is 11.9. The first-order chi connectivity index (χ1) is 7.30. The molecule has 1 rings (SSSR count). The van der Waals surface area contributed by atoms with Gasteiger partial charge in [0.2, 0.25) is 0 Å². The highest BCUT2D eigenvalue weighted by molar-refractivity contribution is 6.20. The lowest BCUT2D eigenvalue weighted by Gasteiger charge is -2.26. The summed E-state index contributed by atoms with van der Waals surface area (Å²) in [5, 5.41) is 0.251. The minimum Gasteiger partial charge on any atom is -0.123 e. The maximum Gasteiger partial charge on any atom is 0.0313 e. The van der Waals surface area contributed by atoms with Crippen molar-refractivity contribution in [1.29, 1.82) is 0 Å². The third-order valence-electron chi connectivity index (χ3n) is 3.09. The van der Waals surface area contributed by atoms with Crippen LogP contribution in [0.25, 0.3) is 0 Å². The van der Waals surface area contributed by atoms with Crippen molar-refractivity contribution in [3.63, 3.8) is 0 Å². The van der Waals surface area contributed by atoms with E-state index in [0.717, 1.165) is 12.8 Å². The molecule has 0 aliphatic carbocycles. The monoisotopic (exact) mass is 238 g/mol. The van der Waals surface area contributed by atoms with Gasteiger partial charge in [0.05, 0.1) is 0 Å². The van der Waals surface area contributed by atoms with Gasteiger partial charge in [-0.2, -0.15) is 0 Å². The van der Waals surface area contributed by atoms with Crippen LogP contribution in [0.4, 0.5) is 0 Å². The largest absolute Gasteiger partial charge is 0.123 e. The Bertz CT molecular complexity index is 350. The fourth-order valence-corrected chi connectivity index (χ4v) is 2.72. The molecular weight excluding hydrogens is 216 g/mol. The molecule has 0 spiro atoms. The molecule has 16 heavy (non-hydrogen) atoms. The van der Waals surface area contributed by atoms with Crippen LogP contribution >= 0.6 is 11.6 Å². The average Bonchev–Trinajstić information content (AvgIpc) is 2.08. The fraction of sp³-hybridized carbons (Fsp3) is 0.600. The molecule has 90 valence electrons. The summed E-state index contributed by atoms with van der Waals surface area (Å²) in [6.07, 6.45) is 2.16. The Kier molecular flexibility index (Phi) is 4.43. The molecule has 0 heterocycles. The van der Waals surface area contributed by atoms with E-state index in [1.54, 1.807) is 0 Å². The maximum absolute atomic E-state index is 6.09. The molecule has 0 bridgehead atoms. The maximum atomic E-state index is 6.09. The van der Waals surface area contributed by atoms with E-state index in [9.17, 15) is 0 Å². The van der Waals surface area contributed by atoms with Crippen LogP contribution in [0.1, 0.15) is 43.9 Å². The lowest BCUT2D eigenvalue weighted by atomic mass is 9.81. The van der Waals surface area contributed by atoms with E-state index in [4.69, 9.17) is 11.6 Å². The van der Waals surface area contributed by atoms with Crippen molar-refractivity contribution < 1.29 is 0 Å². The summed E-state index contributed by atoms with van der Waals surface area (Å²) in [6.45, 7) is 11.0. The van der Waals surface area contributed by atoms with Crippen LogP contribution in [0.5, 0.6) is 0 Å². The third-order valence-corrected chi connectivity index (χ3v) is 3.24. The van der Waals surface area contributed by atoms with Gasteiger partial charge in [0.25, 0.3) is 0 Å². The lowest BCUT2D eigenvalue weighted by molar-refractivity contribution is 0.331. The van der Waals surface area contributed by atoms with Crippen LogP contribution < -0.4 is 0 Å². The molecule has 1 aromatic carbocycles. The Morgan fingerprint density at radius 3 is 2.31 bits per heavy atom. The zero-order chi connectivity index (χ0) is 12.3. The molecule has 0 radical (unpaired) electrons.